The van der Waals surface area contributed by atoms with E-state index < -0.39 is 21.3 Å². The summed E-state index contributed by atoms with van der Waals surface area (Å²) in [5, 5.41) is 3.45. The first-order valence-electron chi connectivity index (χ1n) is 10.9. The van der Waals surface area contributed by atoms with Crippen molar-refractivity contribution in [3.05, 3.63) is 65.5 Å². The first-order valence-corrected chi connectivity index (χ1v) is 12.8. The van der Waals surface area contributed by atoms with Gasteiger partial charge in [-0.15, -0.1) is 0 Å². The predicted molar refractivity (Wildman–Crippen MR) is 132 cm³/mol. The number of amides is 1. The molecule has 1 amide bonds. The van der Waals surface area contributed by atoms with Gasteiger partial charge >= 0.3 is 0 Å². The number of sulfone groups is 1. The standard InChI is InChI=1S/C24H28N6O3S/c1-30(2)12-11-24(10-4-5-17(13-24)22(25)31)29-23-27-15-20-21(28-23)19(14-26-20)16-6-8-18(9-7-16)34(3,32)33/h4-10,14-15,19H,11-13H2,1-3H3,(H2,25,31)(H,27,28,29). The Labute approximate surface area is 199 Å². The molecular formula is C24H28N6O3S. The lowest BCUT2D eigenvalue weighted by atomic mass is 9.83. The lowest BCUT2D eigenvalue weighted by Crippen LogP contribution is -2.42. The number of hydrogen-bond acceptors (Lipinski definition) is 8. The van der Waals surface area contributed by atoms with Gasteiger partial charge in [0, 0.05) is 31.0 Å². The van der Waals surface area contributed by atoms with Gasteiger partial charge in [0.25, 0.3) is 0 Å². The van der Waals surface area contributed by atoms with Gasteiger partial charge in [0.1, 0.15) is 5.69 Å². The highest BCUT2D eigenvalue weighted by molar-refractivity contribution is 7.90. The lowest BCUT2D eigenvalue weighted by molar-refractivity contribution is -0.114. The van der Waals surface area contributed by atoms with E-state index in [1.807, 2.05) is 26.2 Å². The Morgan fingerprint density at radius 2 is 2.00 bits per heavy atom. The Balaban J connectivity index is 1.62. The van der Waals surface area contributed by atoms with Crippen molar-refractivity contribution in [1.82, 2.24) is 14.9 Å². The Morgan fingerprint density at radius 3 is 2.65 bits per heavy atom. The van der Waals surface area contributed by atoms with E-state index in [1.165, 1.54) is 6.26 Å². The number of primary amides is 1. The predicted octanol–water partition coefficient (Wildman–Crippen LogP) is 2.20. The second kappa shape index (κ2) is 9.11. The molecule has 34 heavy (non-hydrogen) atoms. The van der Waals surface area contributed by atoms with E-state index in [0.29, 0.717) is 30.1 Å². The summed E-state index contributed by atoms with van der Waals surface area (Å²) in [4.78, 5) is 27.9. The highest BCUT2D eigenvalue weighted by Gasteiger charge is 2.33. The van der Waals surface area contributed by atoms with Crippen LogP contribution in [-0.4, -0.2) is 67.8 Å². The number of nitrogens with two attached hydrogens (primary N) is 1. The molecule has 1 aliphatic heterocycles. The third-order valence-corrected chi connectivity index (χ3v) is 7.15. The average molecular weight is 481 g/mol. The second-order valence-electron chi connectivity index (χ2n) is 8.99. The maximum Gasteiger partial charge on any atom is 0.244 e. The minimum absolute atomic E-state index is 0.215. The number of benzene rings is 1. The Kier molecular flexibility index (Phi) is 6.37. The summed E-state index contributed by atoms with van der Waals surface area (Å²) in [5.74, 6) is -0.231. The number of nitrogens with zero attached hydrogens (tertiary/aromatic N) is 4. The van der Waals surface area contributed by atoms with E-state index in [9.17, 15) is 13.2 Å². The number of rotatable bonds is 8. The number of aliphatic imine (C=N–C) groups is 1. The SMILES string of the molecule is CN(C)CCC1(Nc2ncc3c(n2)C(c2ccc(S(C)(=O)=O)cc2)C=N3)C=CC=C(C(N)=O)C1. The van der Waals surface area contributed by atoms with Gasteiger partial charge in [-0.2, -0.15) is 0 Å². The van der Waals surface area contributed by atoms with Gasteiger partial charge in [-0.05, 0) is 38.2 Å². The zero-order valence-electron chi connectivity index (χ0n) is 19.4. The molecular weight excluding hydrogens is 452 g/mol. The minimum Gasteiger partial charge on any atom is -0.366 e. The Hall–Kier alpha value is -3.37. The van der Waals surface area contributed by atoms with E-state index in [-0.39, 0.29) is 10.8 Å². The number of allylic oxidation sites excluding steroid dienone is 2. The molecule has 10 heteroatoms. The molecule has 0 spiro atoms. The van der Waals surface area contributed by atoms with Crippen molar-refractivity contribution in [1.29, 1.82) is 0 Å². The summed E-state index contributed by atoms with van der Waals surface area (Å²) in [7, 11) is 0.715. The molecule has 2 aliphatic rings. The first kappa shape index (κ1) is 23.8. The summed E-state index contributed by atoms with van der Waals surface area (Å²) in [6.45, 7) is 0.784. The molecule has 9 nitrogen and oxygen atoms in total. The molecule has 0 saturated carbocycles. The summed E-state index contributed by atoms with van der Waals surface area (Å²) in [5.41, 5.74) is 7.83. The third-order valence-electron chi connectivity index (χ3n) is 6.02. The number of anilines is 1. The largest absolute Gasteiger partial charge is 0.366 e. The smallest absolute Gasteiger partial charge is 0.244 e. The van der Waals surface area contributed by atoms with Crippen LogP contribution >= 0.6 is 0 Å². The first-order chi connectivity index (χ1) is 16.1. The summed E-state index contributed by atoms with van der Waals surface area (Å²) < 4.78 is 23.6. The molecule has 1 aliphatic carbocycles. The number of carbonyl (C=O) groups excluding carboxylic acids is 1. The molecule has 0 radical (unpaired) electrons. The fraction of sp³-hybridized carbons (Fsp3) is 0.333. The van der Waals surface area contributed by atoms with Gasteiger partial charge in [-0.1, -0.05) is 30.4 Å². The van der Waals surface area contributed by atoms with E-state index in [0.717, 1.165) is 17.8 Å². The van der Waals surface area contributed by atoms with Gasteiger partial charge in [-0.3, -0.25) is 9.79 Å². The highest BCUT2D eigenvalue weighted by atomic mass is 32.2. The van der Waals surface area contributed by atoms with Crippen LogP contribution in [0.3, 0.4) is 0 Å². The number of nitrogens with one attached hydrogen (secondary N) is 1. The zero-order chi connectivity index (χ0) is 24.5. The maximum atomic E-state index is 11.9. The molecule has 0 saturated heterocycles. The van der Waals surface area contributed by atoms with Crippen LogP contribution in [-0.2, 0) is 14.6 Å². The van der Waals surface area contributed by atoms with Crippen LogP contribution in [0.15, 0.2) is 64.2 Å². The lowest BCUT2D eigenvalue weighted by Gasteiger charge is -2.35. The van der Waals surface area contributed by atoms with Gasteiger partial charge in [0.15, 0.2) is 9.84 Å². The Bertz CT molecular complexity index is 1300. The van der Waals surface area contributed by atoms with Gasteiger partial charge in [-0.25, -0.2) is 18.4 Å². The van der Waals surface area contributed by atoms with Gasteiger partial charge in [0.05, 0.1) is 28.2 Å². The molecule has 0 fully saturated rings. The maximum absolute atomic E-state index is 11.9. The zero-order valence-corrected chi connectivity index (χ0v) is 20.2. The van der Waals surface area contributed by atoms with Crippen LogP contribution in [0.1, 0.15) is 30.0 Å². The normalized spacial score (nSPS) is 21.4. The van der Waals surface area contributed by atoms with E-state index in [2.05, 4.69) is 20.2 Å². The average Bonchev–Trinajstić information content (AvgIpc) is 3.21. The molecule has 0 bridgehead atoms. The third kappa shape index (κ3) is 5.07. The van der Waals surface area contributed by atoms with E-state index in [1.54, 1.807) is 42.8 Å². The molecule has 4 rings (SSSR count). The van der Waals surface area contributed by atoms with Gasteiger partial charge < -0.3 is 16.0 Å². The molecule has 2 aromatic rings. The second-order valence-corrected chi connectivity index (χ2v) is 11.0. The van der Waals surface area contributed by atoms with Crippen molar-refractivity contribution in [3.63, 3.8) is 0 Å². The van der Waals surface area contributed by atoms with Crippen LogP contribution < -0.4 is 11.1 Å². The fourth-order valence-electron chi connectivity index (χ4n) is 4.11. The Morgan fingerprint density at radius 1 is 1.26 bits per heavy atom. The summed E-state index contributed by atoms with van der Waals surface area (Å²) >= 11 is 0. The van der Waals surface area contributed by atoms with Crippen LogP contribution in [0, 0.1) is 0 Å². The molecule has 2 atom stereocenters. The fourth-order valence-corrected chi connectivity index (χ4v) is 4.74. The molecule has 2 unspecified atom stereocenters. The summed E-state index contributed by atoms with van der Waals surface area (Å²) in [6.07, 6.45) is 11.4. The van der Waals surface area contributed by atoms with Gasteiger partial charge in [0.2, 0.25) is 11.9 Å². The van der Waals surface area contributed by atoms with Crippen LogP contribution in [0.5, 0.6) is 0 Å². The topological polar surface area (TPSA) is 131 Å². The molecule has 2 heterocycles. The number of fused-ring (bicyclic) bond motifs is 1. The minimum atomic E-state index is -3.27. The van der Waals surface area contributed by atoms with Crippen molar-refractivity contribution < 1.29 is 13.2 Å². The van der Waals surface area contributed by atoms with Crippen molar-refractivity contribution in [2.75, 3.05) is 32.2 Å². The van der Waals surface area contributed by atoms with Crippen molar-refractivity contribution >= 4 is 33.6 Å². The van der Waals surface area contributed by atoms with Crippen molar-refractivity contribution in [2.45, 2.75) is 29.2 Å². The monoisotopic (exact) mass is 480 g/mol. The van der Waals surface area contributed by atoms with Crippen LogP contribution in [0.2, 0.25) is 0 Å². The highest BCUT2D eigenvalue weighted by Crippen LogP contribution is 2.36. The van der Waals surface area contributed by atoms with E-state index in [4.69, 9.17) is 10.7 Å². The number of aromatic nitrogens is 2. The molecule has 3 N–H and O–H groups in total. The number of hydrogen-bond donors (Lipinski definition) is 2. The quantitative estimate of drug-likeness (QED) is 0.592. The molecule has 178 valence electrons. The molecule has 1 aromatic heterocycles. The number of carbonyl (C=O) groups is 1. The van der Waals surface area contributed by atoms with Crippen LogP contribution in [0.4, 0.5) is 11.6 Å². The van der Waals surface area contributed by atoms with Crippen LogP contribution in [0.25, 0.3) is 0 Å². The molecule has 1 aromatic carbocycles. The van der Waals surface area contributed by atoms with Crippen molar-refractivity contribution in [2.24, 2.45) is 10.7 Å². The van der Waals surface area contributed by atoms with E-state index >= 15 is 0 Å². The van der Waals surface area contributed by atoms with Crippen molar-refractivity contribution in [3.8, 4) is 0 Å². The summed E-state index contributed by atoms with van der Waals surface area (Å²) in [6, 6.07) is 6.75.